The van der Waals surface area contributed by atoms with Crippen molar-refractivity contribution in [2.75, 3.05) is 6.54 Å². The molecular weight excluding hydrogens is 342 g/mol. The average Bonchev–Trinajstić information content (AvgIpc) is 2.67. The fraction of sp³-hybridized carbons (Fsp3) is 0.217. The summed E-state index contributed by atoms with van der Waals surface area (Å²) in [6, 6.07) is 24.6. The lowest BCUT2D eigenvalue weighted by Gasteiger charge is -2.10. The Kier molecular flexibility index (Phi) is 6.70. The number of hydrogen-bond donors (Lipinski definition) is 1. The van der Waals surface area contributed by atoms with Gasteiger partial charge in [-0.3, -0.25) is 0 Å². The highest BCUT2D eigenvalue weighted by Crippen LogP contribution is 2.16. The zero-order valence-corrected chi connectivity index (χ0v) is 15.8. The number of halogens is 1. The molecule has 134 valence electrons. The molecule has 0 spiro atoms. The lowest BCUT2D eigenvalue weighted by molar-refractivity contribution is 0.305. The molecule has 0 aromatic heterocycles. The Labute approximate surface area is 160 Å². The molecule has 0 bridgehead atoms. The van der Waals surface area contributed by atoms with E-state index in [1.165, 1.54) is 22.3 Å². The summed E-state index contributed by atoms with van der Waals surface area (Å²) in [5.41, 5.74) is 5.03. The Hall–Kier alpha value is -2.29. The molecule has 0 amide bonds. The zero-order valence-electron chi connectivity index (χ0n) is 15.0. The average molecular weight is 366 g/mol. The predicted octanol–water partition coefficient (Wildman–Crippen LogP) is 5.56. The molecule has 0 heterocycles. The van der Waals surface area contributed by atoms with Gasteiger partial charge in [-0.2, -0.15) is 0 Å². The number of aryl methyl sites for hydroxylation is 1. The van der Waals surface area contributed by atoms with Crippen LogP contribution in [0.3, 0.4) is 0 Å². The molecular formula is C23H24ClNO. The van der Waals surface area contributed by atoms with E-state index < -0.39 is 0 Å². The molecule has 0 saturated carbocycles. The quantitative estimate of drug-likeness (QED) is 0.527. The molecule has 2 nitrogen and oxygen atoms in total. The van der Waals surface area contributed by atoms with E-state index in [-0.39, 0.29) is 0 Å². The molecule has 0 fully saturated rings. The highest BCUT2D eigenvalue weighted by atomic mass is 35.5. The SMILES string of the molecule is Cc1ccccc1COc1ccc(CNCCc2ccc(Cl)cc2)cc1. The summed E-state index contributed by atoms with van der Waals surface area (Å²) >= 11 is 5.90. The van der Waals surface area contributed by atoms with Gasteiger partial charge in [0.25, 0.3) is 0 Å². The highest BCUT2D eigenvalue weighted by Gasteiger charge is 2.00. The van der Waals surface area contributed by atoms with Crippen molar-refractivity contribution in [3.63, 3.8) is 0 Å². The fourth-order valence-corrected chi connectivity index (χ4v) is 2.88. The van der Waals surface area contributed by atoms with Gasteiger partial charge in [0.1, 0.15) is 12.4 Å². The molecule has 0 aliphatic heterocycles. The van der Waals surface area contributed by atoms with Gasteiger partial charge >= 0.3 is 0 Å². The molecule has 0 atom stereocenters. The maximum atomic E-state index is 5.90. The van der Waals surface area contributed by atoms with E-state index in [4.69, 9.17) is 16.3 Å². The van der Waals surface area contributed by atoms with Crippen LogP contribution in [0.4, 0.5) is 0 Å². The van der Waals surface area contributed by atoms with Gasteiger partial charge in [-0.15, -0.1) is 0 Å². The third-order valence-electron chi connectivity index (χ3n) is 4.41. The summed E-state index contributed by atoms with van der Waals surface area (Å²) in [5, 5.41) is 4.26. The second kappa shape index (κ2) is 9.42. The van der Waals surface area contributed by atoms with Crippen LogP contribution < -0.4 is 10.1 Å². The van der Waals surface area contributed by atoms with Crippen LogP contribution in [0.2, 0.25) is 5.02 Å². The van der Waals surface area contributed by atoms with Gasteiger partial charge in [0.15, 0.2) is 0 Å². The van der Waals surface area contributed by atoms with Crippen molar-refractivity contribution in [1.82, 2.24) is 5.32 Å². The molecule has 0 aliphatic rings. The van der Waals surface area contributed by atoms with E-state index in [9.17, 15) is 0 Å². The molecule has 0 aliphatic carbocycles. The molecule has 1 N–H and O–H groups in total. The van der Waals surface area contributed by atoms with Crippen molar-refractivity contribution >= 4 is 11.6 Å². The van der Waals surface area contributed by atoms with Gasteiger partial charge in [-0.05, 0) is 66.4 Å². The topological polar surface area (TPSA) is 21.3 Å². The van der Waals surface area contributed by atoms with Gasteiger partial charge in [0.05, 0.1) is 0 Å². The highest BCUT2D eigenvalue weighted by molar-refractivity contribution is 6.30. The summed E-state index contributed by atoms with van der Waals surface area (Å²) in [6.45, 7) is 4.50. The van der Waals surface area contributed by atoms with E-state index in [0.717, 1.165) is 30.3 Å². The molecule has 3 aromatic rings. The summed E-state index contributed by atoms with van der Waals surface area (Å²) in [6.07, 6.45) is 0.995. The maximum Gasteiger partial charge on any atom is 0.119 e. The maximum absolute atomic E-state index is 5.90. The van der Waals surface area contributed by atoms with Crippen LogP contribution in [0.25, 0.3) is 0 Å². The Morgan fingerprint density at radius 3 is 2.27 bits per heavy atom. The van der Waals surface area contributed by atoms with Crippen LogP contribution in [0.15, 0.2) is 72.8 Å². The molecule has 26 heavy (non-hydrogen) atoms. The minimum absolute atomic E-state index is 0.603. The lowest BCUT2D eigenvalue weighted by Crippen LogP contribution is -2.16. The van der Waals surface area contributed by atoms with Gasteiger partial charge in [0.2, 0.25) is 0 Å². The Balaban J connectivity index is 1.41. The van der Waals surface area contributed by atoms with Crippen molar-refractivity contribution < 1.29 is 4.74 Å². The smallest absolute Gasteiger partial charge is 0.119 e. The van der Waals surface area contributed by atoms with Gasteiger partial charge in [0, 0.05) is 11.6 Å². The third-order valence-corrected chi connectivity index (χ3v) is 4.66. The van der Waals surface area contributed by atoms with E-state index in [0.29, 0.717) is 6.61 Å². The predicted molar refractivity (Wildman–Crippen MR) is 109 cm³/mol. The van der Waals surface area contributed by atoms with Crippen molar-refractivity contribution in [2.45, 2.75) is 26.5 Å². The third kappa shape index (κ3) is 5.62. The van der Waals surface area contributed by atoms with Gasteiger partial charge in [-0.25, -0.2) is 0 Å². The molecule has 0 radical (unpaired) electrons. The van der Waals surface area contributed by atoms with E-state index in [1.54, 1.807) is 0 Å². The molecule has 3 rings (SSSR count). The first-order valence-corrected chi connectivity index (χ1v) is 9.30. The first-order valence-electron chi connectivity index (χ1n) is 8.92. The summed E-state index contributed by atoms with van der Waals surface area (Å²) in [5.74, 6) is 0.901. The van der Waals surface area contributed by atoms with Gasteiger partial charge in [-0.1, -0.05) is 60.1 Å². The van der Waals surface area contributed by atoms with Crippen LogP contribution in [-0.4, -0.2) is 6.54 Å². The second-order valence-corrected chi connectivity index (χ2v) is 6.85. The number of ether oxygens (including phenoxy) is 1. The lowest BCUT2D eigenvalue weighted by atomic mass is 10.1. The van der Waals surface area contributed by atoms with Crippen molar-refractivity contribution in [3.8, 4) is 5.75 Å². The van der Waals surface area contributed by atoms with Crippen LogP contribution in [0.5, 0.6) is 5.75 Å². The second-order valence-electron chi connectivity index (χ2n) is 6.41. The van der Waals surface area contributed by atoms with Crippen LogP contribution in [0, 0.1) is 6.92 Å². The fourth-order valence-electron chi connectivity index (χ4n) is 2.75. The van der Waals surface area contributed by atoms with Crippen LogP contribution in [-0.2, 0) is 19.6 Å². The monoisotopic (exact) mass is 365 g/mol. The van der Waals surface area contributed by atoms with Crippen molar-refractivity contribution in [2.24, 2.45) is 0 Å². The molecule has 3 aromatic carbocycles. The summed E-state index contributed by atoms with van der Waals surface area (Å²) < 4.78 is 5.89. The zero-order chi connectivity index (χ0) is 18.2. The number of nitrogens with one attached hydrogen (secondary N) is 1. The number of hydrogen-bond acceptors (Lipinski definition) is 2. The minimum Gasteiger partial charge on any atom is -0.489 e. The summed E-state index contributed by atoms with van der Waals surface area (Å²) in [7, 11) is 0. The van der Waals surface area contributed by atoms with Gasteiger partial charge < -0.3 is 10.1 Å². The Morgan fingerprint density at radius 2 is 1.54 bits per heavy atom. The molecule has 0 saturated heterocycles. The largest absolute Gasteiger partial charge is 0.489 e. The molecule has 0 unspecified atom stereocenters. The number of benzene rings is 3. The van der Waals surface area contributed by atoms with E-state index >= 15 is 0 Å². The standard InChI is InChI=1S/C23H24ClNO/c1-18-4-2-3-5-21(18)17-26-23-12-8-20(9-13-23)16-25-15-14-19-6-10-22(24)11-7-19/h2-13,25H,14-17H2,1H3. The molecule has 3 heteroatoms. The van der Waals surface area contributed by atoms with Crippen LogP contribution in [0.1, 0.15) is 22.3 Å². The van der Waals surface area contributed by atoms with Crippen molar-refractivity contribution in [1.29, 1.82) is 0 Å². The first-order chi connectivity index (χ1) is 12.7. The number of rotatable bonds is 8. The Morgan fingerprint density at radius 1 is 0.846 bits per heavy atom. The van der Waals surface area contributed by atoms with E-state index in [2.05, 4.69) is 48.6 Å². The van der Waals surface area contributed by atoms with Crippen LogP contribution >= 0.6 is 11.6 Å². The van der Waals surface area contributed by atoms with E-state index in [1.807, 2.05) is 36.4 Å². The Bertz CT molecular complexity index is 812. The summed E-state index contributed by atoms with van der Waals surface area (Å²) in [4.78, 5) is 0. The normalized spacial score (nSPS) is 10.7. The first kappa shape index (κ1) is 18.5. The van der Waals surface area contributed by atoms with Crippen molar-refractivity contribution in [3.05, 3.63) is 100 Å². The minimum atomic E-state index is 0.603.